The van der Waals surface area contributed by atoms with Gasteiger partial charge in [-0.2, -0.15) is 0 Å². The third kappa shape index (κ3) is 3.94. The van der Waals surface area contributed by atoms with Gasteiger partial charge in [0, 0.05) is 0 Å². The number of carbonyl (C=O) groups excluding carboxylic acids is 8. The molecule has 0 radical (unpaired) electrons. The molecular weight excluding hydrogens is 546 g/mol. The molecule has 8 N–H and O–H groups in total. The summed E-state index contributed by atoms with van der Waals surface area (Å²) >= 11 is 0. The average Bonchev–Trinajstić information content (AvgIpc) is 2.78. The molecule has 2 fully saturated rings. The molecule has 39 heavy (non-hydrogen) atoms. The van der Waals surface area contributed by atoms with Crippen LogP contribution in [-0.4, -0.2) is 107 Å². The van der Waals surface area contributed by atoms with Crippen molar-refractivity contribution in [1.82, 2.24) is 20.9 Å². The van der Waals surface area contributed by atoms with Crippen LogP contribution in [0.3, 0.4) is 0 Å². The van der Waals surface area contributed by atoms with Gasteiger partial charge in [0.25, 0.3) is 0 Å². The highest BCUT2D eigenvalue weighted by Gasteiger charge is 2.72. The number of nitrogens with one attached hydrogen (secondary N) is 4. The first-order valence-electron chi connectivity index (χ1n) is 9.57. The van der Waals surface area contributed by atoms with Crippen LogP contribution in [-0.2, 0) is 67.0 Å². The third-order valence-corrected chi connectivity index (χ3v) is 5.24. The van der Waals surface area contributed by atoms with Crippen molar-refractivity contribution < 1.29 is 87.4 Å². The molecule has 0 unspecified atom stereocenters. The molecule has 2 aliphatic rings. The molecule has 0 aromatic heterocycles. The minimum atomic E-state index is -4.08. The summed E-state index contributed by atoms with van der Waals surface area (Å²) in [6.07, 6.45) is 0. The summed E-state index contributed by atoms with van der Waals surface area (Å²) in [4.78, 5) is 140. The van der Waals surface area contributed by atoms with Crippen LogP contribution in [0.1, 0.15) is 0 Å². The number of carbonyl (C=O) groups is 12. The standard InChI is InChI=1S/C15H10B2N4O18/c22-1(18-16-20-3(24)14(7(30)31)9(34)38-10(14)35)13(5(26)27,6(28)29)2(23)19-17-21-4(25)15(8(32)33)11(36)39-12(15)37/h16-17H,(H,18,22)(H,19,23)(H,20,24)(H,21,25)(H,26,27)(H,28,29)(H,30,31)(H,32,33). The van der Waals surface area contributed by atoms with E-state index in [1.165, 1.54) is 20.9 Å². The van der Waals surface area contributed by atoms with Gasteiger partial charge in [-0.1, -0.05) is 0 Å². The van der Waals surface area contributed by atoms with Gasteiger partial charge in [-0.05, 0) is 0 Å². The molecule has 0 saturated carbocycles. The van der Waals surface area contributed by atoms with Crippen molar-refractivity contribution >= 4 is 86.5 Å². The maximum absolute atomic E-state index is 12.4. The molecule has 2 rings (SSSR count). The number of rotatable bonds is 12. The van der Waals surface area contributed by atoms with E-state index < -0.39 is 103 Å². The van der Waals surface area contributed by atoms with E-state index in [2.05, 4.69) is 9.47 Å². The van der Waals surface area contributed by atoms with Crippen LogP contribution in [0.4, 0.5) is 0 Å². The van der Waals surface area contributed by atoms with E-state index in [0.29, 0.717) is 0 Å². The van der Waals surface area contributed by atoms with Crippen molar-refractivity contribution in [3.63, 3.8) is 0 Å². The second-order valence-corrected chi connectivity index (χ2v) is 7.20. The van der Waals surface area contributed by atoms with Gasteiger partial charge in [0.2, 0.25) is 23.6 Å². The highest BCUT2D eigenvalue weighted by Crippen LogP contribution is 2.32. The number of hydrogen-bond donors (Lipinski definition) is 8. The summed E-state index contributed by atoms with van der Waals surface area (Å²) in [5, 5.41) is 42.6. The molecule has 2 aliphatic heterocycles. The van der Waals surface area contributed by atoms with E-state index in [1.807, 2.05) is 0 Å². The Labute approximate surface area is 211 Å². The number of amides is 4. The third-order valence-electron chi connectivity index (χ3n) is 5.24. The maximum atomic E-state index is 12.4. The zero-order valence-electron chi connectivity index (χ0n) is 18.4. The van der Waals surface area contributed by atoms with Crippen LogP contribution in [0, 0.1) is 16.2 Å². The van der Waals surface area contributed by atoms with Gasteiger partial charge in [-0.25, -0.2) is 38.4 Å². The molecular formula is C15H10B2N4O18. The van der Waals surface area contributed by atoms with Gasteiger partial charge in [0.1, 0.15) is 0 Å². The van der Waals surface area contributed by atoms with E-state index >= 15 is 0 Å². The summed E-state index contributed by atoms with van der Waals surface area (Å²) in [7, 11) is -2.68. The number of hydrogen-bond acceptors (Lipinski definition) is 14. The number of aliphatic carboxylic acids is 4. The lowest BCUT2D eigenvalue weighted by Crippen LogP contribution is -2.68. The average molecular weight is 556 g/mol. The lowest BCUT2D eigenvalue weighted by atomic mass is 9.80. The lowest BCUT2D eigenvalue weighted by Gasteiger charge is -2.30. The maximum Gasteiger partial charge on any atom is 0.355 e. The van der Waals surface area contributed by atoms with Crippen molar-refractivity contribution in [3.8, 4) is 0 Å². The molecule has 2 saturated heterocycles. The summed E-state index contributed by atoms with van der Waals surface area (Å²) in [6, 6.07) is 0. The fraction of sp³-hybridized carbons (Fsp3) is 0.200. The molecule has 0 aromatic rings. The van der Waals surface area contributed by atoms with Crippen LogP contribution < -0.4 is 20.9 Å². The Balaban J connectivity index is 2.14. The van der Waals surface area contributed by atoms with Crippen LogP contribution in [0.5, 0.6) is 0 Å². The molecule has 204 valence electrons. The number of esters is 4. The SMILES string of the molecule is O=C(O)C(C(=O)O)(C(=O)NBNC(=O)C1(C(=O)O)C(=O)OC1=O)C(=O)NBNC(=O)C1(C(=O)O)C(=O)OC1=O. The lowest BCUT2D eigenvalue weighted by molar-refractivity contribution is -0.205. The summed E-state index contributed by atoms with van der Waals surface area (Å²) in [5.41, 5.74) is -10.8. The zero-order chi connectivity index (χ0) is 30.1. The van der Waals surface area contributed by atoms with Gasteiger partial charge in [0.15, 0.2) is 0 Å². The van der Waals surface area contributed by atoms with Gasteiger partial charge < -0.3 is 50.8 Å². The molecule has 24 heteroatoms. The zero-order valence-corrected chi connectivity index (χ0v) is 18.4. The molecule has 0 bridgehead atoms. The van der Waals surface area contributed by atoms with E-state index in [4.69, 9.17) is 10.2 Å². The van der Waals surface area contributed by atoms with Crippen molar-refractivity contribution in [2.75, 3.05) is 0 Å². The van der Waals surface area contributed by atoms with Crippen molar-refractivity contribution in [2.45, 2.75) is 0 Å². The molecule has 0 aromatic carbocycles. The first-order valence-corrected chi connectivity index (χ1v) is 9.57. The predicted molar refractivity (Wildman–Crippen MR) is 107 cm³/mol. The Morgan fingerprint density at radius 1 is 0.564 bits per heavy atom. The summed E-state index contributed by atoms with van der Waals surface area (Å²) in [5.74, 6) is -25.2. The Hall–Kier alpha value is -5.83. The molecule has 0 spiro atoms. The van der Waals surface area contributed by atoms with Crippen LogP contribution in [0.25, 0.3) is 0 Å². The Morgan fingerprint density at radius 2 is 0.846 bits per heavy atom. The van der Waals surface area contributed by atoms with Crippen LogP contribution in [0.15, 0.2) is 0 Å². The minimum Gasteiger partial charge on any atom is -0.480 e. The second kappa shape index (κ2) is 9.91. The van der Waals surface area contributed by atoms with E-state index in [0.717, 1.165) is 0 Å². The second-order valence-electron chi connectivity index (χ2n) is 7.20. The summed E-state index contributed by atoms with van der Waals surface area (Å²) in [6.45, 7) is 0. The van der Waals surface area contributed by atoms with Gasteiger partial charge in [-0.15, -0.1) is 0 Å². The first-order chi connectivity index (χ1) is 18.0. The van der Waals surface area contributed by atoms with Crippen LogP contribution >= 0.6 is 0 Å². The smallest absolute Gasteiger partial charge is 0.355 e. The van der Waals surface area contributed by atoms with E-state index in [9.17, 15) is 67.7 Å². The Kier molecular flexibility index (Phi) is 7.47. The summed E-state index contributed by atoms with van der Waals surface area (Å²) < 4.78 is 7.61. The van der Waals surface area contributed by atoms with Gasteiger partial charge in [-0.3, -0.25) is 19.2 Å². The molecule has 2 heterocycles. The number of carboxylic acids is 4. The van der Waals surface area contributed by atoms with Crippen molar-refractivity contribution in [1.29, 1.82) is 0 Å². The van der Waals surface area contributed by atoms with Crippen molar-refractivity contribution in [3.05, 3.63) is 0 Å². The number of cyclic esters (lactones) is 4. The molecule has 4 amide bonds. The quantitative estimate of drug-likeness (QED) is 0.0628. The van der Waals surface area contributed by atoms with Gasteiger partial charge in [0.05, 0.1) is 0 Å². The fourth-order valence-electron chi connectivity index (χ4n) is 2.99. The van der Waals surface area contributed by atoms with E-state index in [1.54, 1.807) is 0 Å². The van der Waals surface area contributed by atoms with Crippen LogP contribution in [0.2, 0.25) is 0 Å². The molecule has 22 nitrogen and oxygen atoms in total. The monoisotopic (exact) mass is 556 g/mol. The largest absolute Gasteiger partial charge is 0.480 e. The van der Waals surface area contributed by atoms with Crippen molar-refractivity contribution in [2.24, 2.45) is 16.2 Å². The minimum absolute atomic E-state index is 1.34. The van der Waals surface area contributed by atoms with Gasteiger partial charge >= 0.3 is 79.1 Å². The fourth-order valence-corrected chi connectivity index (χ4v) is 2.99. The Morgan fingerprint density at radius 3 is 1.05 bits per heavy atom. The number of carboxylic acid groups (broad SMARTS) is 4. The Bertz CT molecular complexity index is 1150. The normalized spacial score (nSPS) is 16.4. The van der Waals surface area contributed by atoms with E-state index in [-0.39, 0.29) is 0 Å². The first kappa shape index (κ1) is 29.4. The molecule has 0 aliphatic carbocycles. The topological polar surface area (TPSA) is 352 Å². The highest BCUT2D eigenvalue weighted by atomic mass is 16.6. The highest BCUT2D eigenvalue weighted by molar-refractivity contribution is 6.51. The predicted octanol–water partition coefficient (Wildman–Crippen LogP) is -8.55. The number of ether oxygens (including phenoxy) is 2. The molecule has 0 atom stereocenters.